The molecule has 25 heavy (non-hydrogen) atoms. The lowest BCUT2D eigenvalue weighted by molar-refractivity contribution is -0.127. The Morgan fingerprint density at radius 3 is 2.88 bits per heavy atom. The molecule has 0 aromatic heterocycles. The fraction of sp³-hybridized carbons (Fsp3) is 0.889. The lowest BCUT2D eigenvalue weighted by Gasteiger charge is -2.28. The number of carbonyl (C=O) groups excluding carboxylic acids is 1. The molecule has 0 bridgehead atoms. The topological polar surface area (TPSA) is 66.4 Å². The van der Waals surface area contributed by atoms with Crippen molar-refractivity contribution in [2.75, 3.05) is 60.1 Å². The molecular formula is C18H32N4O3. The first-order valence-electron chi connectivity index (χ1n) is 9.51. The van der Waals surface area contributed by atoms with Gasteiger partial charge in [-0.15, -0.1) is 0 Å². The van der Waals surface area contributed by atoms with Crippen LogP contribution in [0, 0.1) is 5.41 Å². The summed E-state index contributed by atoms with van der Waals surface area (Å²) in [4.78, 5) is 20.4. The highest BCUT2D eigenvalue weighted by molar-refractivity contribution is 5.85. The lowest BCUT2D eigenvalue weighted by atomic mass is 9.87. The van der Waals surface area contributed by atoms with Gasteiger partial charge >= 0.3 is 0 Å². The summed E-state index contributed by atoms with van der Waals surface area (Å²) in [7, 11) is 3.53. The molecule has 3 fully saturated rings. The van der Waals surface area contributed by atoms with Crippen LogP contribution in [0.1, 0.15) is 32.1 Å². The summed E-state index contributed by atoms with van der Waals surface area (Å²) in [5.41, 5.74) is 0.273. The fourth-order valence-electron chi connectivity index (χ4n) is 3.81. The van der Waals surface area contributed by atoms with Gasteiger partial charge in [0.05, 0.1) is 12.7 Å². The molecule has 0 radical (unpaired) electrons. The van der Waals surface area contributed by atoms with E-state index in [9.17, 15) is 4.79 Å². The minimum atomic E-state index is 0.0197. The van der Waals surface area contributed by atoms with Gasteiger partial charge in [0.15, 0.2) is 5.96 Å². The molecule has 1 spiro atoms. The van der Waals surface area contributed by atoms with E-state index in [1.54, 1.807) is 19.0 Å². The van der Waals surface area contributed by atoms with E-state index in [0.717, 1.165) is 71.1 Å². The number of likely N-dealkylation sites (tertiary alicyclic amines) is 1. The van der Waals surface area contributed by atoms with E-state index in [1.807, 2.05) is 0 Å². The van der Waals surface area contributed by atoms with Crippen molar-refractivity contribution in [3.8, 4) is 0 Å². The van der Waals surface area contributed by atoms with Gasteiger partial charge in [-0.3, -0.25) is 4.79 Å². The van der Waals surface area contributed by atoms with Gasteiger partial charge in [0.25, 0.3) is 0 Å². The number of nitrogens with one attached hydrogen (secondary N) is 1. The molecular weight excluding hydrogens is 320 g/mol. The first-order valence-corrected chi connectivity index (χ1v) is 9.51. The highest BCUT2D eigenvalue weighted by Gasteiger charge is 2.42. The Hall–Kier alpha value is -1.34. The maximum Gasteiger partial charge on any atom is 0.243 e. The number of likely N-dealkylation sites (N-methyl/N-ethyl adjacent to an activating group) is 1. The summed E-state index contributed by atoms with van der Waals surface area (Å²) in [6.07, 6.45) is 5.98. The van der Waals surface area contributed by atoms with Crippen LogP contribution in [0.3, 0.4) is 0 Å². The van der Waals surface area contributed by atoms with Crippen LogP contribution in [-0.4, -0.2) is 87.9 Å². The molecule has 2 unspecified atom stereocenters. The number of ether oxygens (including phenoxy) is 2. The zero-order chi connectivity index (χ0) is 17.7. The van der Waals surface area contributed by atoms with Crippen molar-refractivity contribution in [2.45, 2.75) is 38.2 Å². The summed E-state index contributed by atoms with van der Waals surface area (Å²) in [5.74, 6) is 0.861. The third-order valence-corrected chi connectivity index (χ3v) is 5.55. The molecule has 0 aromatic carbocycles. The average Bonchev–Trinajstić information content (AvgIpc) is 3.25. The Labute approximate surface area is 150 Å². The van der Waals surface area contributed by atoms with Gasteiger partial charge in [-0.25, -0.2) is 4.99 Å². The standard InChI is InChI=1S/C18H32N4O3/c1-21(2)16(23)12-20-17(19-11-15-5-3-4-9-25-15)22-8-6-18(13-22)7-10-24-14-18/h15H,3-14H2,1-2H3,(H,19,20). The van der Waals surface area contributed by atoms with Gasteiger partial charge in [0.2, 0.25) is 5.91 Å². The van der Waals surface area contributed by atoms with E-state index < -0.39 is 0 Å². The number of hydrogen-bond acceptors (Lipinski definition) is 4. The smallest absolute Gasteiger partial charge is 0.243 e. The Balaban J connectivity index is 1.61. The van der Waals surface area contributed by atoms with Crippen LogP contribution < -0.4 is 5.32 Å². The van der Waals surface area contributed by atoms with E-state index in [-0.39, 0.29) is 24.0 Å². The lowest BCUT2D eigenvalue weighted by Crippen LogP contribution is -2.45. The third-order valence-electron chi connectivity index (χ3n) is 5.55. The first kappa shape index (κ1) is 18.5. The van der Waals surface area contributed by atoms with Crippen LogP contribution in [-0.2, 0) is 14.3 Å². The third kappa shape index (κ3) is 4.85. The van der Waals surface area contributed by atoms with Crippen molar-refractivity contribution in [2.24, 2.45) is 10.4 Å². The molecule has 3 aliphatic heterocycles. The van der Waals surface area contributed by atoms with Gasteiger partial charge in [-0.2, -0.15) is 0 Å². The first-order chi connectivity index (χ1) is 12.1. The zero-order valence-corrected chi connectivity index (χ0v) is 15.6. The molecule has 0 saturated carbocycles. The number of guanidine groups is 1. The van der Waals surface area contributed by atoms with Crippen molar-refractivity contribution in [1.82, 2.24) is 15.1 Å². The highest BCUT2D eigenvalue weighted by Crippen LogP contribution is 2.38. The van der Waals surface area contributed by atoms with E-state index >= 15 is 0 Å². The van der Waals surface area contributed by atoms with E-state index in [1.165, 1.54) is 6.42 Å². The molecule has 2 atom stereocenters. The van der Waals surface area contributed by atoms with Crippen molar-refractivity contribution in [1.29, 1.82) is 0 Å². The van der Waals surface area contributed by atoms with E-state index in [4.69, 9.17) is 9.47 Å². The minimum absolute atomic E-state index is 0.0197. The Morgan fingerprint density at radius 2 is 2.20 bits per heavy atom. The molecule has 7 heteroatoms. The second-order valence-electron chi connectivity index (χ2n) is 7.77. The molecule has 1 N–H and O–H groups in total. The number of nitrogens with zero attached hydrogens (tertiary/aromatic N) is 3. The molecule has 142 valence electrons. The molecule has 3 rings (SSSR count). The fourth-order valence-corrected chi connectivity index (χ4v) is 3.81. The van der Waals surface area contributed by atoms with Crippen LogP contribution in [0.5, 0.6) is 0 Å². The largest absolute Gasteiger partial charge is 0.381 e. The maximum absolute atomic E-state index is 11.9. The summed E-state index contributed by atoms with van der Waals surface area (Å²) in [5, 5.41) is 3.47. The summed E-state index contributed by atoms with van der Waals surface area (Å²) in [6, 6.07) is 0. The van der Waals surface area contributed by atoms with Crippen LogP contribution >= 0.6 is 0 Å². The second-order valence-corrected chi connectivity index (χ2v) is 7.77. The SMILES string of the molecule is CN(C)C(=O)CN=C(NCC1CCCCO1)N1CCC2(CCOC2)C1. The summed E-state index contributed by atoms with van der Waals surface area (Å²) in [6.45, 7) is 5.43. The van der Waals surface area contributed by atoms with Crippen LogP contribution in [0.4, 0.5) is 0 Å². The van der Waals surface area contributed by atoms with Crippen LogP contribution in [0.25, 0.3) is 0 Å². The maximum atomic E-state index is 11.9. The van der Waals surface area contributed by atoms with Gasteiger partial charge in [-0.1, -0.05) is 0 Å². The van der Waals surface area contributed by atoms with E-state index in [0.29, 0.717) is 0 Å². The molecule has 3 aliphatic rings. The van der Waals surface area contributed by atoms with Crippen molar-refractivity contribution in [3.63, 3.8) is 0 Å². The number of carbonyl (C=O) groups is 1. The van der Waals surface area contributed by atoms with Gasteiger partial charge in [0.1, 0.15) is 6.54 Å². The quantitative estimate of drug-likeness (QED) is 0.596. The zero-order valence-electron chi connectivity index (χ0n) is 15.6. The second kappa shape index (κ2) is 8.36. The number of hydrogen-bond donors (Lipinski definition) is 1. The van der Waals surface area contributed by atoms with Gasteiger partial charge < -0.3 is 24.6 Å². The monoisotopic (exact) mass is 352 g/mol. The van der Waals surface area contributed by atoms with Crippen molar-refractivity contribution in [3.05, 3.63) is 0 Å². The molecule has 1 amide bonds. The minimum Gasteiger partial charge on any atom is -0.381 e. The predicted octanol–water partition coefficient (Wildman–Crippen LogP) is 0.702. The summed E-state index contributed by atoms with van der Waals surface area (Å²) < 4.78 is 11.4. The molecule has 0 aliphatic carbocycles. The highest BCUT2D eigenvalue weighted by atomic mass is 16.5. The Bertz CT molecular complexity index is 483. The van der Waals surface area contributed by atoms with Crippen LogP contribution in [0.2, 0.25) is 0 Å². The Kier molecular flexibility index (Phi) is 6.17. The average molecular weight is 352 g/mol. The normalized spacial score (nSPS) is 30.1. The molecule has 0 aromatic rings. The summed E-state index contributed by atoms with van der Waals surface area (Å²) >= 11 is 0. The van der Waals surface area contributed by atoms with Crippen LogP contribution in [0.15, 0.2) is 4.99 Å². The van der Waals surface area contributed by atoms with E-state index in [2.05, 4.69) is 15.2 Å². The van der Waals surface area contributed by atoms with Gasteiger partial charge in [0, 0.05) is 52.4 Å². The number of amides is 1. The molecule has 3 saturated heterocycles. The predicted molar refractivity (Wildman–Crippen MR) is 96.6 cm³/mol. The number of rotatable bonds is 4. The molecule has 3 heterocycles. The van der Waals surface area contributed by atoms with Gasteiger partial charge in [-0.05, 0) is 32.1 Å². The van der Waals surface area contributed by atoms with Crippen molar-refractivity contribution >= 4 is 11.9 Å². The molecule has 7 nitrogen and oxygen atoms in total. The van der Waals surface area contributed by atoms with Crippen molar-refractivity contribution < 1.29 is 14.3 Å². The Morgan fingerprint density at radius 1 is 1.32 bits per heavy atom. The number of aliphatic imine (C=N–C) groups is 1.